The van der Waals surface area contributed by atoms with E-state index in [2.05, 4.69) is 10.2 Å². The molecule has 0 aliphatic carbocycles. The van der Waals surface area contributed by atoms with Crippen LogP contribution in [0.3, 0.4) is 0 Å². The van der Waals surface area contributed by atoms with E-state index in [0.717, 1.165) is 5.39 Å². The van der Waals surface area contributed by atoms with Crippen molar-refractivity contribution in [2.45, 2.75) is 44.9 Å². The highest BCUT2D eigenvalue weighted by Crippen LogP contribution is 2.30. The number of nitrogens with zero attached hydrogens (tertiary/aromatic N) is 3. The van der Waals surface area contributed by atoms with E-state index in [1.807, 2.05) is 0 Å². The van der Waals surface area contributed by atoms with Crippen molar-refractivity contribution in [2.75, 3.05) is 6.54 Å². The third kappa shape index (κ3) is 4.39. The Bertz CT molecular complexity index is 927. The Morgan fingerprint density at radius 2 is 2.04 bits per heavy atom. The number of ether oxygens (including phenoxy) is 2. The highest BCUT2D eigenvalue weighted by molar-refractivity contribution is 6.31. The zero-order valence-corrected chi connectivity index (χ0v) is 16.5. The first kappa shape index (κ1) is 20.0. The Morgan fingerprint density at radius 3 is 2.71 bits per heavy atom. The second kappa shape index (κ2) is 7.71. The van der Waals surface area contributed by atoms with Gasteiger partial charge in [-0.25, -0.2) is 4.79 Å². The normalized spacial score (nSPS) is 19.5. The fourth-order valence-electron chi connectivity index (χ4n) is 3.08. The number of aromatic nitrogens is 1. The monoisotopic (exact) mass is 405 g/mol. The van der Waals surface area contributed by atoms with Gasteiger partial charge in [-0.05, 0) is 45.0 Å². The molecule has 1 aliphatic heterocycles. The Kier molecular flexibility index (Phi) is 5.51. The maximum atomic E-state index is 12.5. The lowest BCUT2D eigenvalue weighted by Crippen LogP contribution is -2.43. The molecular weight excluding hydrogens is 386 g/mol. The molecule has 0 spiro atoms. The number of carbonyl (C=O) groups excluding carboxylic acids is 2. The first-order chi connectivity index (χ1) is 13.2. The van der Waals surface area contributed by atoms with Crippen molar-refractivity contribution < 1.29 is 19.1 Å². The summed E-state index contributed by atoms with van der Waals surface area (Å²) in [4.78, 5) is 40.6. The highest BCUT2D eigenvalue weighted by Gasteiger charge is 2.43. The fourth-order valence-corrected chi connectivity index (χ4v) is 3.24. The summed E-state index contributed by atoms with van der Waals surface area (Å²) in [6.45, 7) is 5.26. The van der Waals surface area contributed by atoms with Gasteiger partial charge in [-0.3, -0.25) is 14.7 Å². The predicted molar refractivity (Wildman–Crippen MR) is 103 cm³/mol. The number of benzene rings is 1. The lowest BCUT2D eigenvalue weighted by molar-refractivity contribution is -0.122. The second-order valence-electron chi connectivity index (χ2n) is 7.52. The second-order valence-corrected chi connectivity index (χ2v) is 7.96. The van der Waals surface area contributed by atoms with Gasteiger partial charge in [-0.15, -0.1) is 4.91 Å². The average molecular weight is 406 g/mol. The quantitative estimate of drug-likeness (QED) is 0.717. The number of pyridine rings is 1. The lowest BCUT2D eigenvalue weighted by atomic mass is 10.1. The molecule has 28 heavy (non-hydrogen) atoms. The third-order valence-electron chi connectivity index (χ3n) is 4.22. The Hall–Kier alpha value is -2.74. The average Bonchev–Trinajstić information content (AvgIpc) is 3.03. The Labute approximate surface area is 166 Å². The summed E-state index contributed by atoms with van der Waals surface area (Å²) in [5.41, 5.74) is -0.0760. The molecule has 9 heteroatoms. The summed E-state index contributed by atoms with van der Waals surface area (Å²) in [5.74, 6) is -0.383. The van der Waals surface area contributed by atoms with Crippen molar-refractivity contribution >= 4 is 34.5 Å². The molecule has 0 saturated carbocycles. The molecule has 1 aromatic heterocycles. The minimum atomic E-state index is -1.01. The van der Waals surface area contributed by atoms with Gasteiger partial charge < -0.3 is 9.47 Å². The lowest BCUT2D eigenvalue weighted by Gasteiger charge is -2.26. The summed E-state index contributed by atoms with van der Waals surface area (Å²) in [5, 5.41) is 3.78. The molecule has 8 nitrogen and oxygen atoms in total. The number of amides is 2. The summed E-state index contributed by atoms with van der Waals surface area (Å²) in [6.07, 6.45) is 0.530. The van der Waals surface area contributed by atoms with Crippen LogP contribution in [0.1, 0.15) is 27.2 Å². The van der Waals surface area contributed by atoms with Crippen LogP contribution in [0, 0.1) is 4.91 Å². The van der Waals surface area contributed by atoms with Gasteiger partial charge in [0.05, 0.1) is 12.1 Å². The van der Waals surface area contributed by atoms with E-state index in [-0.39, 0.29) is 13.0 Å². The van der Waals surface area contributed by atoms with Crippen LogP contribution in [0.2, 0.25) is 5.02 Å². The predicted octanol–water partition coefficient (Wildman–Crippen LogP) is 3.94. The first-order valence-corrected chi connectivity index (χ1v) is 9.13. The third-order valence-corrected chi connectivity index (χ3v) is 4.46. The molecule has 0 N–H and O–H groups in total. The molecule has 2 amide bonds. The van der Waals surface area contributed by atoms with Crippen LogP contribution in [-0.2, 0) is 9.53 Å². The van der Waals surface area contributed by atoms with E-state index in [0.29, 0.717) is 16.3 Å². The number of fused-ring (bicyclic) bond motifs is 1. The van der Waals surface area contributed by atoms with Gasteiger partial charge in [0.25, 0.3) is 0 Å². The van der Waals surface area contributed by atoms with Gasteiger partial charge >= 0.3 is 12.0 Å². The molecule has 1 fully saturated rings. The maximum absolute atomic E-state index is 12.5. The van der Waals surface area contributed by atoms with Gasteiger partial charge in [-0.1, -0.05) is 11.6 Å². The minimum absolute atomic E-state index is 0.0955. The molecule has 2 heterocycles. The zero-order valence-electron chi connectivity index (χ0n) is 15.7. The first-order valence-electron chi connectivity index (χ1n) is 8.75. The molecule has 1 unspecified atom stereocenters. The van der Waals surface area contributed by atoms with Crippen molar-refractivity contribution in [1.82, 2.24) is 9.88 Å². The summed E-state index contributed by atoms with van der Waals surface area (Å²) in [7, 11) is 0. The van der Waals surface area contributed by atoms with Crippen molar-refractivity contribution in [1.29, 1.82) is 0 Å². The molecule has 2 atom stereocenters. The van der Waals surface area contributed by atoms with E-state index >= 15 is 0 Å². The van der Waals surface area contributed by atoms with E-state index in [4.69, 9.17) is 21.1 Å². The van der Waals surface area contributed by atoms with Crippen LogP contribution in [0.15, 0.2) is 35.6 Å². The van der Waals surface area contributed by atoms with Crippen molar-refractivity contribution in [3.8, 4) is 5.75 Å². The number of rotatable bonds is 3. The molecule has 0 bridgehead atoms. The van der Waals surface area contributed by atoms with Gasteiger partial charge in [0.15, 0.2) is 0 Å². The Balaban J connectivity index is 1.83. The fraction of sp³-hybridized carbons (Fsp3) is 0.421. The molecule has 1 aromatic carbocycles. The molecule has 1 saturated heterocycles. The van der Waals surface area contributed by atoms with Gasteiger partial charge in [0.2, 0.25) is 0 Å². The number of nitroso groups, excluding NO2 is 1. The Morgan fingerprint density at radius 1 is 1.29 bits per heavy atom. The summed E-state index contributed by atoms with van der Waals surface area (Å²) >= 11 is 6.00. The number of likely N-dealkylation sites (tertiary alicyclic amines) is 1. The molecule has 2 aromatic rings. The van der Waals surface area contributed by atoms with E-state index in [1.54, 1.807) is 51.2 Å². The van der Waals surface area contributed by atoms with Crippen LogP contribution in [0.25, 0.3) is 10.9 Å². The number of halogens is 1. The van der Waals surface area contributed by atoms with E-state index in [9.17, 15) is 14.5 Å². The van der Waals surface area contributed by atoms with Crippen LogP contribution in [0.5, 0.6) is 5.75 Å². The largest absolute Gasteiger partial charge is 0.488 e. The topological polar surface area (TPSA) is 98.2 Å². The van der Waals surface area contributed by atoms with Crippen molar-refractivity contribution in [3.63, 3.8) is 0 Å². The van der Waals surface area contributed by atoms with Gasteiger partial charge in [-0.2, -0.15) is 0 Å². The van der Waals surface area contributed by atoms with Crippen LogP contribution < -0.4 is 4.74 Å². The van der Waals surface area contributed by atoms with Gasteiger partial charge in [0, 0.05) is 28.2 Å². The zero-order chi connectivity index (χ0) is 20.5. The highest BCUT2D eigenvalue weighted by atomic mass is 35.5. The minimum Gasteiger partial charge on any atom is -0.488 e. The maximum Gasteiger partial charge on any atom is 0.411 e. The van der Waals surface area contributed by atoms with Crippen molar-refractivity contribution in [3.05, 3.63) is 40.4 Å². The number of hydrogen-bond acceptors (Lipinski definition) is 6. The van der Waals surface area contributed by atoms with Crippen molar-refractivity contribution in [2.24, 2.45) is 5.18 Å². The molecule has 148 valence electrons. The number of hydrogen-bond donors (Lipinski definition) is 0. The summed E-state index contributed by atoms with van der Waals surface area (Å²) < 4.78 is 11.4. The van der Waals surface area contributed by atoms with Gasteiger partial charge in [0.1, 0.15) is 23.5 Å². The number of carbonyl (C=O) groups is 2. The molecule has 0 radical (unpaired) electrons. The smallest absolute Gasteiger partial charge is 0.411 e. The van der Waals surface area contributed by atoms with Crippen LogP contribution in [0.4, 0.5) is 4.79 Å². The van der Waals surface area contributed by atoms with E-state index < -0.39 is 29.7 Å². The molecule has 1 aliphatic rings. The standard InChI is InChI=1S/C19H20ClN3O5/c1-19(2,3)28-18(25)23-10-12(9-15(23)17(24)22-26)27-16-6-7-21-14-8-11(20)4-5-13(14)16/h4-8,12,15H,9-10H2,1-3H3/t12?,15-/m0/s1. The molecule has 3 rings (SSSR count). The SMILES string of the molecule is CC(C)(C)OC(=O)N1CC(Oc2ccnc3cc(Cl)ccc23)C[C@H]1C(=O)N=O. The van der Waals surface area contributed by atoms with Crippen LogP contribution in [-0.4, -0.2) is 46.2 Å². The van der Waals surface area contributed by atoms with Crippen LogP contribution >= 0.6 is 11.6 Å². The molecular formula is C19H20ClN3O5. The summed E-state index contributed by atoms with van der Waals surface area (Å²) in [6, 6.07) is 5.91. The van der Waals surface area contributed by atoms with E-state index in [1.165, 1.54) is 4.90 Å².